The van der Waals surface area contributed by atoms with Crippen LogP contribution in [-0.2, 0) is 16.0 Å². The Labute approximate surface area is 154 Å². The third-order valence-corrected chi connectivity index (χ3v) is 4.26. The highest BCUT2D eigenvalue weighted by atomic mass is 16.5. The zero-order valence-electron chi connectivity index (χ0n) is 15.5. The Kier molecular flexibility index (Phi) is 6.78. The molecule has 2 N–H and O–H groups in total. The highest BCUT2D eigenvalue weighted by Crippen LogP contribution is 2.26. The van der Waals surface area contributed by atoms with Gasteiger partial charge < -0.3 is 15.4 Å². The van der Waals surface area contributed by atoms with Crippen molar-refractivity contribution in [1.29, 1.82) is 0 Å². The lowest BCUT2D eigenvalue weighted by Gasteiger charge is -2.23. The largest absolute Gasteiger partial charge is 0.495 e. The molecule has 0 aromatic heterocycles. The maximum Gasteiger partial charge on any atom is 0.239 e. The minimum atomic E-state index is -1.19. The number of ether oxygens (including phenoxy) is 1. The summed E-state index contributed by atoms with van der Waals surface area (Å²) in [5, 5.41) is 5.63. The molecule has 0 aliphatic rings. The SMILES string of the molecule is COc1ccccc1NC(=O)C(C)(C)C(=O)NCCCc1ccccc1. The molecule has 0 saturated carbocycles. The second kappa shape index (κ2) is 9.04. The van der Waals surface area contributed by atoms with E-state index in [1.54, 1.807) is 32.0 Å². The molecule has 2 aromatic carbocycles. The van der Waals surface area contributed by atoms with Crippen LogP contribution >= 0.6 is 0 Å². The molecule has 2 amide bonds. The maximum absolute atomic E-state index is 12.6. The number of aryl methyl sites for hydroxylation is 1. The van der Waals surface area contributed by atoms with E-state index < -0.39 is 5.41 Å². The first-order chi connectivity index (χ1) is 12.4. The molecule has 5 nitrogen and oxygen atoms in total. The molecule has 5 heteroatoms. The van der Waals surface area contributed by atoms with E-state index in [-0.39, 0.29) is 11.8 Å². The lowest BCUT2D eigenvalue weighted by molar-refractivity contribution is -0.138. The van der Waals surface area contributed by atoms with E-state index in [1.165, 1.54) is 12.7 Å². The number of carbonyl (C=O) groups is 2. The summed E-state index contributed by atoms with van der Waals surface area (Å²) in [4.78, 5) is 25.0. The molecule has 0 fully saturated rings. The Morgan fingerprint density at radius 2 is 1.62 bits per heavy atom. The van der Waals surface area contributed by atoms with Gasteiger partial charge in [-0.05, 0) is 44.4 Å². The average Bonchev–Trinajstić information content (AvgIpc) is 2.66. The van der Waals surface area contributed by atoms with E-state index >= 15 is 0 Å². The fraction of sp³-hybridized carbons (Fsp3) is 0.333. The van der Waals surface area contributed by atoms with E-state index in [9.17, 15) is 9.59 Å². The summed E-state index contributed by atoms with van der Waals surface area (Å²) < 4.78 is 5.23. The van der Waals surface area contributed by atoms with Crippen LogP contribution in [0.4, 0.5) is 5.69 Å². The van der Waals surface area contributed by atoms with Crippen molar-refractivity contribution in [2.45, 2.75) is 26.7 Å². The Balaban J connectivity index is 1.86. The van der Waals surface area contributed by atoms with Crippen LogP contribution in [0.25, 0.3) is 0 Å². The van der Waals surface area contributed by atoms with Gasteiger partial charge >= 0.3 is 0 Å². The van der Waals surface area contributed by atoms with Gasteiger partial charge in [0.2, 0.25) is 11.8 Å². The molecular formula is C21H26N2O3. The van der Waals surface area contributed by atoms with Crippen molar-refractivity contribution in [3.63, 3.8) is 0 Å². The topological polar surface area (TPSA) is 67.4 Å². The number of hydrogen-bond acceptors (Lipinski definition) is 3. The molecule has 0 unspecified atom stereocenters. The van der Waals surface area contributed by atoms with Gasteiger partial charge in [0.15, 0.2) is 0 Å². The van der Waals surface area contributed by atoms with E-state index in [1.807, 2.05) is 24.3 Å². The fourth-order valence-corrected chi connectivity index (χ4v) is 2.49. The molecule has 2 rings (SSSR count). The van der Waals surface area contributed by atoms with E-state index in [4.69, 9.17) is 4.74 Å². The van der Waals surface area contributed by atoms with E-state index in [0.717, 1.165) is 12.8 Å². The number of hydrogen-bond donors (Lipinski definition) is 2. The first-order valence-corrected chi connectivity index (χ1v) is 8.72. The van der Waals surface area contributed by atoms with Crippen LogP contribution in [0.2, 0.25) is 0 Å². The predicted molar refractivity (Wildman–Crippen MR) is 103 cm³/mol. The van der Waals surface area contributed by atoms with Gasteiger partial charge in [-0.2, -0.15) is 0 Å². The molecule has 138 valence electrons. The number of para-hydroxylation sites is 2. The molecule has 0 heterocycles. The van der Waals surface area contributed by atoms with Crippen molar-refractivity contribution in [2.75, 3.05) is 19.0 Å². The number of rotatable bonds is 8. The van der Waals surface area contributed by atoms with Crippen LogP contribution in [0.5, 0.6) is 5.75 Å². The molecule has 0 spiro atoms. The van der Waals surface area contributed by atoms with E-state index in [0.29, 0.717) is 18.0 Å². The molecular weight excluding hydrogens is 328 g/mol. The number of amides is 2. The van der Waals surface area contributed by atoms with E-state index in [2.05, 4.69) is 22.8 Å². The van der Waals surface area contributed by atoms with Gasteiger partial charge in [-0.1, -0.05) is 42.5 Å². The molecule has 0 radical (unpaired) electrons. The number of nitrogens with one attached hydrogen (secondary N) is 2. The molecule has 0 bridgehead atoms. The Hall–Kier alpha value is -2.82. The second-order valence-electron chi connectivity index (χ2n) is 6.62. The monoisotopic (exact) mass is 354 g/mol. The van der Waals surface area contributed by atoms with Crippen LogP contribution in [0.1, 0.15) is 25.8 Å². The van der Waals surface area contributed by atoms with Gasteiger partial charge in [0.25, 0.3) is 0 Å². The highest BCUT2D eigenvalue weighted by Gasteiger charge is 2.36. The fourth-order valence-electron chi connectivity index (χ4n) is 2.49. The summed E-state index contributed by atoms with van der Waals surface area (Å²) in [5.41, 5.74) is 0.591. The lowest BCUT2D eigenvalue weighted by Crippen LogP contribution is -2.45. The summed E-state index contributed by atoms with van der Waals surface area (Å²) in [5.74, 6) is -0.111. The third-order valence-electron chi connectivity index (χ3n) is 4.26. The molecule has 26 heavy (non-hydrogen) atoms. The molecule has 2 aromatic rings. The van der Waals surface area contributed by atoms with Crippen molar-refractivity contribution in [3.8, 4) is 5.75 Å². The molecule has 0 aliphatic carbocycles. The standard InChI is InChI=1S/C21H26N2O3/c1-21(2,20(25)23-17-13-7-8-14-18(17)26-3)19(24)22-15-9-12-16-10-5-4-6-11-16/h4-8,10-11,13-14H,9,12,15H2,1-3H3,(H,22,24)(H,23,25). The minimum Gasteiger partial charge on any atom is -0.495 e. The summed E-state index contributed by atoms with van der Waals surface area (Å²) in [6.07, 6.45) is 1.70. The summed E-state index contributed by atoms with van der Waals surface area (Å²) >= 11 is 0. The quantitative estimate of drug-likeness (QED) is 0.564. The Morgan fingerprint density at radius 3 is 2.31 bits per heavy atom. The highest BCUT2D eigenvalue weighted by molar-refractivity contribution is 6.10. The van der Waals surface area contributed by atoms with Gasteiger partial charge in [-0.3, -0.25) is 9.59 Å². The lowest BCUT2D eigenvalue weighted by atomic mass is 9.90. The Morgan fingerprint density at radius 1 is 0.962 bits per heavy atom. The first kappa shape index (κ1) is 19.5. The van der Waals surface area contributed by atoms with Crippen LogP contribution in [0.15, 0.2) is 54.6 Å². The van der Waals surface area contributed by atoms with Crippen LogP contribution in [0, 0.1) is 5.41 Å². The first-order valence-electron chi connectivity index (χ1n) is 8.72. The van der Waals surface area contributed by atoms with Gasteiger partial charge in [0, 0.05) is 6.54 Å². The smallest absolute Gasteiger partial charge is 0.239 e. The van der Waals surface area contributed by atoms with Crippen LogP contribution in [-0.4, -0.2) is 25.5 Å². The normalized spacial score (nSPS) is 10.9. The van der Waals surface area contributed by atoms with Crippen molar-refractivity contribution in [1.82, 2.24) is 5.32 Å². The minimum absolute atomic E-state index is 0.294. The zero-order chi connectivity index (χ0) is 19.0. The molecule has 0 saturated heterocycles. The van der Waals surface area contributed by atoms with Crippen LogP contribution < -0.4 is 15.4 Å². The van der Waals surface area contributed by atoms with Gasteiger partial charge in [-0.25, -0.2) is 0 Å². The molecule has 0 atom stereocenters. The average molecular weight is 354 g/mol. The van der Waals surface area contributed by atoms with Crippen molar-refractivity contribution in [2.24, 2.45) is 5.41 Å². The van der Waals surface area contributed by atoms with Crippen molar-refractivity contribution >= 4 is 17.5 Å². The van der Waals surface area contributed by atoms with Crippen molar-refractivity contribution < 1.29 is 14.3 Å². The Bertz CT molecular complexity index is 742. The van der Waals surface area contributed by atoms with Gasteiger partial charge in [0.1, 0.15) is 11.2 Å². The number of methoxy groups -OCH3 is 1. The van der Waals surface area contributed by atoms with Gasteiger partial charge in [-0.15, -0.1) is 0 Å². The summed E-state index contributed by atoms with van der Waals surface area (Å²) in [7, 11) is 1.54. The summed E-state index contributed by atoms with van der Waals surface area (Å²) in [6, 6.07) is 17.2. The summed E-state index contributed by atoms with van der Waals surface area (Å²) in [6.45, 7) is 3.76. The molecule has 0 aliphatic heterocycles. The van der Waals surface area contributed by atoms with Gasteiger partial charge in [0.05, 0.1) is 12.8 Å². The predicted octanol–water partition coefficient (Wildman–Crippen LogP) is 3.41. The maximum atomic E-state index is 12.6. The van der Waals surface area contributed by atoms with Crippen LogP contribution in [0.3, 0.4) is 0 Å². The van der Waals surface area contributed by atoms with Crippen molar-refractivity contribution in [3.05, 3.63) is 60.2 Å². The second-order valence-corrected chi connectivity index (χ2v) is 6.62. The number of anilines is 1. The number of benzene rings is 2. The third kappa shape index (κ3) is 5.09. The zero-order valence-corrected chi connectivity index (χ0v) is 15.5. The number of carbonyl (C=O) groups excluding carboxylic acids is 2.